The molecule has 6 nitrogen and oxygen atoms in total. The van der Waals surface area contributed by atoms with E-state index in [-0.39, 0.29) is 5.91 Å². The summed E-state index contributed by atoms with van der Waals surface area (Å²) in [6.45, 7) is 1.25. The third-order valence-corrected chi connectivity index (χ3v) is 4.52. The third-order valence-electron chi connectivity index (χ3n) is 3.96. The number of carbonyl (C=O) groups excluding carboxylic acids is 1. The van der Waals surface area contributed by atoms with E-state index < -0.39 is 0 Å². The van der Waals surface area contributed by atoms with Crippen LogP contribution in [0.25, 0.3) is 5.65 Å². The van der Waals surface area contributed by atoms with Gasteiger partial charge in [0.25, 0.3) is 5.91 Å². The van der Waals surface area contributed by atoms with Gasteiger partial charge in [0.1, 0.15) is 7.85 Å². The van der Waals surface area contributed by atoms with E-state index in [9.17, 15) is 4.79 Å². The average molecular weight is 417 g/mol. The normalized spacial score (nSPS) is 14.0. The van der Waals surface area contributed by atoms with Crippen molar-refractivity contribution in [2.75, 3.05) is 6.54 Å². The molecule has 0 radical (unpaired) electrons. The SMILES string of the molecule is Bc1cnc2c(c1)CN(C(=O)c1cc3ncc(I)cn3n1)CC2. The first kappa shape index (κ1) is 14.6. The fourth-order valence-corrected chi connectivity index (χ4v) is 3.24. The lowest BCUT2D eigenvalue weighted by molar-refractivity contribution is 0.0727. The summed E-state index contributed by atoms with van der Waals surface area (Å²) < 4.78 is 2.63. The van der Waals surface area contributed by atoms with Gasteiger partial charge in [-0.05, 0) is 28.2 Å². The molecule has 1 aliphatic rings. The molecule has 0 saturated heterocycles. The summed E-state index contributed by atoms with van der Waals surface area (Å²) >= 11 is 2.18. The van der Waals surface area contributed by atoms with E-state index in [1.54, 1.807) is 16.8 Å². The van der Waals surface area contributed by atoms with Crippen LogP contribution in [0.5, 0.6) is 0 Å². The molecule has 1 amide bonds. The second-order valence-corrected chi connectivity index (χ2v) is 6.95. The lowest BCUT2D eigenvalue weighted by Gasteiger charge is -2.27. The van der Waals surface area contributed by atoms with Gasteiger partial charge in [-0.3, -0.25) is 9.78 Å². The zero-order valence-electron chi connectivity index (χ0n) is 12.5. The summed E-state index contributed by atoms with van der Waals surface area (Å²) in [7, 11) is 2.02. The number of hydrogen-bond acceptors (Lipinski definition) is 4. The second-order valence-electron chi connectivity index (χ2n) is 5.70. The Bertz CT molecular complexity index is 925. The molecule has 0 spiro atoms. The number of rotatable bonds is 1. The van der Waals surface area contributed by atoms with Crippen molar-refractivity contribution in [1.29, 1.82) is 0 Å². The molecule has 0 atom stereocenters. The van der Waals surface area contributed by atoms with Crippen LogP contribution in [0.3, 0.4) is 0 Å². The Morgan fingerprint density at radius 1 is 1.26 bits per heavy atom. The molecule has 23 heavy (non-hydrogen) atoms. The van der Waals surface area contributed by atoms with Crippen LogP contribution in [-0.4, -0.2) is 44.8 Å². The van der Waals surface area contributed by atoms with E-state index in [0.717, 1.165) is 26.7 Å². The van der Waals surface area contributed by atoms with Crippen molar-refractivity contribution in [1.82, 2.24) is 24.5 Å². The molecule has 0 bridgehead atoms. The molecule has 3 aromatic rings. The number of nitrogens with zero attached hydrogens (tertiary/aromatic N) is 5. The minimum absolute atomic E-state index is 0.0577. The zero-order valence-corrected chi connectivity index (χ0v) is 14.7. The smallest absolute Gasteiger partial charge is 0.274 e. The minimum Gasteiger partial charge on any atom is -0.332 e. The predicted molar refractivity (Wildman–Crippen MR) is 96.6 cm³/mol. The molecule has 0 unspecified atom stereocenters. The van der Waals surface area contributed by atoms with E-state index in [1.165, 1.54) is 0 Å². The topological polar surface area (TPSA) is 63.4 Å². The van der Waals surface area contributed by atoms with Crippen molar-refractivity contribution < 1.29 is 4.79 Å². The van der Waals surface area contributed by atoms with Gasteiger partial charge in [-0.2, -0.15) is 5.10 Å². The summed E-state index contributed by atoms with van der Waals surface area (Å²) in [5.41, 5.74) is 4.45. The van der Waals surface area contributed by atoms with Crippen molar-refractivity contribution in [2.24, 2.45) is 0 Å². The maximum absolute atomic E-state index is 12.7. The fourth-order valence-electron chi connectivity index (χ4n) is 2.84. The van der Waals surface area contributed by atoms with Crippen LogP contribution < -0.4 is 5.46 Å². The Morgan fingerprint density at radius 3 is 3.00 bits per heavy atom. The van der Waals surface area contributed by atoms with Gasteiger partial charge >= 0.3 is 0 Å². The van der Waals surface area contributed by atoms with Gasteiger partial charge in [-0.15, -0.1) is 0 Å². The quantitative estimate of drug-likeness (QED) is 0.419. The fraction of sp³-hybridized carbons (Fsp3) is 0.200. The van der Waals surface area contributed by atoms with Gasteiger partial charge < -0.3 is 4.90 Å². The Kier molecular flexibility index (Phi) is 3.55. The van der Waals surface area contributed by atoms with Gasteiger partial charge in [-0.1, -0.05) is 11.5 Å². The van der Waals surface area contributed by atoms with Crippen molar-refractivity contribution in [3.05, 3.63) is 51.2 Å². The largest absolute Gasteiger partial charge is 0.332 e. The Morgan fingerprint density at radius 2 is 2.13 bits per heavy atom. The van der Waals surface area contributed by atoms with Crippen molar-refractivity contribution in [3.8, 4) is 0 Å². The number of halogens is 1. The van der Waals surface area contributed by atoms with Crippen LogP contribution in [0.2, 0.25) is 0 Å². The monoisotopic (exact) mass is 417 g/mol. The highest BCUT2D eigenvalue weighted by Crippen LogP contribution is 2.18. The number of pyridine rings is 1. The van der Waals surface area contributed by atoms with Crippen LogP contribution in [0.15, 0.2) is 30.7 Å². The van der Waals surface area contributed by atoms with Crippen LogP contribution in [0, 0.1) is 3.57 Å². The highest BCUT2D eigenvalue weighted by Gasteiger charge is 2.24. The molecule has 114 valence electrons. The van der Waals surface area contributed by atoms with Crippen molar-refractivity contribution in [3.63, 3.8) is 0 Å². The molecule has 1 aliphatic heterocycles. The number of aromatic nitrogens is 4. The summed E-state index contributed by atoms with van der Waals surface area (Å²) in [6, 6.07) is 3.85. The Hall–Kier alpha value is -1.97. The highest BCUT2D eigenvalue weighted by molar-refractivity contribution is 14.1. The van der Waals surface area contributed by atoms with E-state index >= 15 is 0 Å². The van der Waals surface area contributed by atoms with Crippen LogP contribution in [0.1, 0.15) is 21.7 Å². The number of carbonyl (C=O) groups is 1. The molecule has 0 saturated carbocycles. The Labute approximate surface area is 147 Å². The van der Waals surface area contributed by atoms with Gasteiger partial charge in [-0.25, -0.2) is 9.50 Å². The third kappa shape index (κ3) is 2.71. The van der Waals surface area contributed by atoms with Gasteiger partial charge in [0.15, 0.2) is 11.3 Å². The van der Waals surface area contributed by atoms with Gasteiger partial charge in [0.05, 0.1) is 0 Å². The first-order valence-corrected chi connectivity index (χ1v) is 8.42. The minimum atomic E-state index is -0.0577. The standard InChI is InChI=1S/C15H13BIN5O/c16-10-3-9-7-21(2-1-12(9)18-5-10)15(23)13-4-14-19-6-11(17)8-22(14)20-13/h3-6,8H,1-2,7,16H2. The first-order chi connectivity index (χ1) is 11.1. The number of fused-ring (bicyclic) bond motifs is 2. The summed E-state index contributed by atoms with van der Waals surface area (Å²) in [6.07, 6.45) is 6.28. The van der Waals surface area contributed by atoms with E-state index in [1.807, 2.05) is 25.1 Å². The second kappa shape index (κ2) is 5.59. The summed E-state index contributed by atoms with van der Waals surface area (Å²) in [4.78, 5) is 23.3. The molecule has 0 N–H and O–H groups in total. The molecule has 3 aromatic heterocycles. The van der Waals surface area contributed by atoms with Gasteiger partial charge in [0.2, 0.25) is 0 Å². The molecular formula is C15H13BIN5O. The number of amides is 1. The van der Waals surface area contributed by atoms with E-state index in [0.29, 0.717) is 24.4 Å². The average Bonchev–Trinajstić information content (AvgIpc) is 2.96. The van der Waals surface area contributed by atoms with Crippen molar-refractivity contribution in [2.45, 2.75) is 13.0 Å². The van der Waals surface area contributed by atoms with Crippen LogP contribution in [-0.2, 0) is 13.0 Å². The summed E-state index contributed by atoms with van der Waals surface area (Å²) in [5.74, 6) is -0.0577. The van der Waals surface area contributed by atoms with E-state index in [4.69, 9.17) is 0 Å². The van der Waals surface area contributed by atoms with Crippen LogP contribution >= 0.6 is 22.6 Å². The number of hydrogen-bond donors (Lipinski definition) is 0. The first-order valence-electron chi connectivity index (χ1n) is 7.35. The van der Waals surface area contributed by atoms with Gasteiger partial charge in [0, 0.05) is 53.4 Å². The van der Waals surface area contributed by atoms with Crippen LogP contribution in [0.4, 0.5) is 0 Å². The maximum Gasteiger partial charge on any atom is 0.274 e. The zero-order chi connectivity index (χ0) is 16.0. The van der Waals surface area contributed by atoms with E-state index in [2.05, 4.69) is 43.7 Å². The maximum atomic E-state index is 12.7. The molecule has 4 rings (SSSR count). The van der Waals surface area contributed by atoms with Crippen molar-refractivity contribution >= 4 is 47.5 Å². The molecule has 8 heteroatoms. The Balaban J connectivity index is 1.63. The predicted octanol–water partition coefficient (Wildman–Crippen LogP) is 0.186. The molecule has 4 heterocycles. The molecule has 0 fully saturated rings. The summed E-state index contributed by atoms with van der Waals surface area (Å²) in [5, 5.41) is 4.36. The molecule has 0 aliphatic carbocycles. The molecular weight excluding hydrogens is 404 g/mol. The highest BCUT2D eigenvalue weighted by atomic mass is 127. The molecule has 0 aromatic carbocycles. The lowest BCUT2D eigenvalue weighted by atomic mass is 9.94. The lowest BCUT2D eigenvalue weighted by Crippen LogP contribution is -2.37.